The van der Waals surface area contributed by atoms with Crippen LogP contribution >= 0.6 is 23.2 Å². The van der Waals surface area contributed by atoms with E-state index < -0.39 is 72.5 Å². The zero-order valence-corrected chi connectivity index (χ0v) is 23.6. The average molecular weight is 713 g/mol. The van der Waals surface area contributed by atoms with Gasteiger partial charge < -0.3 is 19.8 Å². The minimum absolute atomic E-state index is 0.0393. The van der Waals surface area contributed by atoms with E-state index in [4.69, 9.17) is 28.5 Å². The highest BCUT2D eigenvalue weighted by Crippen LogP contribution is 2.49. The Kier molecular flexibility index (Phi) is 9.10. The first-order valence-electron chi connectivity index (χ1n) is 11.9. The number of pyridine rings is 1. The van der Waals surface area contributed by atoms with Crippen LogP contribution in [0.15, 0.2) is 48.9 Å². The molecule has 0 amide bonds. The number of hydrogen-bond acceptors (Lipinski definition) is 9. The molecule has 0 fully saturated rings. The number of nitro groups is 2. The van der Waals surface area contributed by atoms with E-state index in [2.05, 4.69) is 19.4 Å². The maximum absolute atomic E-state index is 13.0. The maximum Gasteiger partial charge on any atom is 0.586 e. The molecule has 12 nitrogen and oxygen atoms in total. The van der Waals surface area contributed by atoms with Crippen molar-refractivity contribution in [2.24, 2.45) is 0 Å². The number of alkyl halides is 8. The topological polar surface area (TPSA) is 169 Å². The molecule has 5 rings (SSSR count). The molecule has 0 bridgehead atoms. The Balaban J connectivity index is 0.000000236. The lowest BCUT2D eigenvalue weighted by molar-refractivity contribution is -0.392. The van der Waals surface area contributed by atoms with E-state index in [1.54, 1.807) is 18.3 Å². The van der Waals surface area contributed by atoms with E-state index in [0.29, 0.717) is 22.8 Å². The molecule has 246 valence electrons. The number of fused-ring (bicyclic) bond motifs is 1. The van der Waals surface area contributed by atoms with Crippen LogP contribution in [0.2, 0.25) is 10.0 Å². The van der Waals surface area contributed by atoms with Crippen LogP contribution in [0, 0.1) is 31.6 Å². The first-order chi connectivity index (χ1) is 21.7. The van der Waals surface area contributed by atoms with E-state index in [1.807, 2.05) is 11.4 Å². The highest BCUT2D eigenvalue weighted by molar-refractivity contribution is 6.35. The van der Waals surface area contributed by atoms with Gasteiger partial charge in [0, 0.05) is 35.8 Å². The third-order valence-corrected chi connectivity index (χ3v) is 6.57. The summed E-state index contributed by atoms with van der Waals surface area (Å²) in [5, 5.41) is 31.0. The standard InChI is InChI=1S/C13H4Cl2F6N4O4.C12H6F2N2O2/c14-6-1-4(12(16,17)18)3-22-11(6)23-9-7(24(26)27)2-5(13(19,20)21)8(15)10(9)25(28)29;13-12(14)17-10-3-1-2-8(11(10)18-12)9-6-16-5-7(9)4-15/h1-3H,(H,22,23);1-3,5-6,16H. The quantitative estimate of drug-likeness (QED) is 0.117. The zero-order chi connectivity index (χ0) is 35.1. The number of benzene rings is 2. The number of aromatic nitrogens is 2. The number of ether oxygens (including phenoxy) is 2. The summed E-state index contributed by atoms with van der Waals surface area (Å²) in [6.45, 7) is 0. The van der Waals surface area contributed by atoms with Gasteiger partial charge in [-0.05, 0) is 12.1 Å². The normalized spacial score (nSPS) is 13.3. The summed E-state index contributed by atoms with van der Waals surface area (Å²) >= 11 is 11.1. The Morgan fingerprint density at radius 1 is 0.979 bits per heavy atom. The molecular weight excluding hydrogens is 703 g/mol. The molecule has 0 saturated carbocycles. The summed E-state index contributed by atoms with van der Waals surface area (Å²) in [5.41, 5.74) is -6.03. The monoisotopic (exact) mass is 712 g/mol. The van der Waals surface area contributed by atoms with Crippen molar-refractivity contribution in [3.63, 3.8) is 0 Å². The summed E-state index contributed by atoms with van der Waals surface area (Å²) in [6, 6.07) is 6.81. The lowest BCUT2D eigenvalue weighted by Gasteiger charge is -2.14. The van der Waals surface area contributed by atoms with Gasteiger partial charge >= 0.3 is 30.0 Å². The molecule has 22 heteroatoms. The molecule has 0 unspecified atom stereocenters. The molecule has 2 N–H and O–H groups in total. The second-order valence-corrected chi connectivity index (χ2v) is 9.65. The zero-order valence-electron chi connectivity index (χ0n) is 22.1. The van der Waals surface area contributed by atoms with E-state index in [9.17, 15) is 55.4 Å². The van der Waals surface area contributed by atoms with Gasteiger partial charge in [0.25, 0.3) is 0 Å². The molecule has 3 heterocycles. The molecule has 2 aromatic heterocycles. The van der Waals surface area contributed by atoms with Crippen LogP contribution in [-0.4, -0.2) is 26.1 Å². The van der Waals surface area contributed by atoms with Crippen LogP contribution in [0.5, 0.6) is 11.5 Å². The second-order valence-electron chi connectivity index (χ2n) is 8.86. The minimum Gasteiger partial charge on any atom is -0.395 e. The average Bonchev–Trinajstić information content (AvgIpc) is 3.55. The molecule has 0 atom stereocenters. The Morgan fingerprint density at radius 2 is 1.66 bits per heavy atom. The molecule has 47 heavy (non-hydrogen) atoms. The smallest absolute Gasteiger partial charge is 0.395 e. The number of rotatable bonds is 5. The van der Waals surface area contributed by atoms with Crippen molar-refractivity contribution in [2.75, 3.05) is 5.32 Å². The molecule has 0 spiro atoms. The van der Waals surface area contributed by atoms with Gasteiger partial charge in [0.2, 0.25) is 0 Å². The van der Waals surface area contributed by atoms with E-state index >= 15 is 0 Å². The van der Waals surface area contributed by atoms with Crippen molar-refractivity contribution in [3.8, 4) is 28.7 Å². The van der Waals surface area contributed by atoms with E-state index in [1.165, 1.54) is 12.3 Å². The van der Waals surface area contributed by atoms with Gasteiger partial charge in [-0.1, -0.05) is 35.3 Å². The van der Waals surface area contributed by atoms with Crippen LogP contribution in [0.4, 0.5) is 58.0 Å². The Morgan fingerprint density at radius 3 is 2.21 bits per heavy atom. The van der Waals surface area contributed by atoms with Gasteiger partial charge in [0.05, 0.1) is 31.6 Å². The van der Waals surface area contributed by atoms with Crippen molar-refractivity contribution in [1.82, 2.24) is 9.97 Å². The second kappa shape index (κ2) is 12.4. The number of nitriles is 1. The van der Waals surface area contributed by atoms with Gasteiger partial charge in [0.1, 0.15) is 16.9 Å². The largest absolute Gasteiger partial charge is 0.586 e. The first-order valence-corrected chi connectivity index (χ1v) is 12.7. The van der Waals surface area contributed by atoms with Crippen molar-refractivity contribution < 1.29 is 54.4 Å². The van der Waals surface area contributed by atoms with Crippen LogP contribution in [-0.2, 0) is 12.4 Å². The number of anilines is 2. The molecule has 0 aliphatic carbocycles. The Bertz CT molecular complexity index is 1940. The third-order valence-electron chi connectivity index (χ3n) is 5.90. The third kappa shape index (κ3) is 7.20. The summed E-state index contributed by atoms with van der Waals surface area (Å²) in [4.78, 5) is 25.6. The number of nitrogens with zero attached hydrogens (tertiary/aromatic N) is 4. The summed E-state index contributed by atoms with van der Waals surface area (Å²) < 4.78 is 112. The highest BCUT2D eigenvalue weighted by atomic mass is 35.5. The lowest BCUT2D eigenvalue weighted by atomic mass is 10.0. The fourth-order valence-electron chi connectivity index (χ4n) is 3.94. The fraction of sp³-hybridized carbons (Fsp3) is 0.120. The molecule has 0 saturated heterocycles. The lowest BCUT2D eigenvalue weighted by Crippen LogP contribution is -2.26. The summed E-state index contributed by atoms with van der Waals surface area (Å²) in [6.07, 6.45) is -10.5. The van der Waals surface area contributed by atoms with Crippen LogP contribution in [0.25, 0.3) is 11.1 Å². The van der Waals surface area contributed by atoms with Crippen molar-refractivity contribution in [2.45, 2.75) is 18.6 Å². The summed E-state index contributed by atoms with van der Waals surface area (Å²) in [5.74, 6) is -0.817. The number of nitrogens with one attached hydrogen (secondary N) is 2. The van der Waals surface area contributed by atoms with Crippen LogP contribution in [0.3, 0.4) is 0 Å². The van der Waals surface area contributed by atoms with E-state index in [0.717, 1.165) is 0 Å². The number of para-hydroxylation sites is 1. The van der Waals surface area contributed by atoms with Crippen molar-refractivity contribution in [3.05, 3.63) is 95.9 Å². The number of aromatic amines is 1. The molecule has 1 aliphatic rings. The van der Waals surface area contributed by atoms with E-state index in [-0.39, 0.29) is 23.8 Å². The molecule has 4 aromatic rings. The van der Waals surface area contributed by atoms with Gasteiger partial charge in [-0.2, -0.15) is 31.6 Å². The van der Waals surface area contributed by atoms with Crippen LogP contribution < -0.4 is 14.8 Å². The van der Waals surface area contributed by atoms with Gasteiger partial charge in [-0.25, -0.2) is 4.98 Å². The minimum atomic E-state index is -5.27. The predicted molar refractivity (Wildman–Crippen MR) is 144 cm³/mol. The number of H-pyrrole nitrogens is 1. The van der Waals surface area contributed by atoms with Crippen molar-refractivity contribution in [1.29, 1.82) is 5.26 Å². The number of halogens is 10. The predicted octanol–water partition coefficient (Wildman–Crippen LogP) is 8.86. The molecule has 0 radical (unpaired) electrons. The van der Waals surface area contributed by atoms with Gasteiger partial charge in [0.15, 0.2) is 17.2 Å². The fourth-order valence-corrected chi connectivity index (χ4v) is 4.48. The molecule has 2 aromatic carbocycles. The Hall–Kier alpha value is -5.42. The first kappa shape index (κ1) is 34.5. The maximum atomic E-state index is 13.0. The Labute approximate surface area is 264 Å². The SMILES string of the molecule is N#Cc1c[nH]cc1-c1cccc2c1OC(F)(F)O2.O=[N+]([O-])c1cc(C(F)(F)F)c(Cl)c([N+](=O)[O-])c1Nc1ncc(C(F)(F)F)cc1Cl. The number of hydrogen-bond donors (Lipinski definition) is 2. The van der Waals surface area contributed by atoms with Crippen LogP contribution in [0.1, 0.15) is 16.7 Å². The molecule has 1 aliphatic heterocycles. The van der Waals surface area contributed by atoms with Gasteiger partial charge in [-0.3, -0.25) is 20.2 Å². The summed E-state index contributed by atoms with van der Waals surface area (Å²) in [7, 11) is 0. The molecular formula is C25H10Cl2F8N6O6. The highest BCUT2D eigenvalue weighted by Gasteiger charge is 2.45. The van der Waals surface area contributed by atoms with Crippen molar-refractivity contribution >= 4 is 46.1 Å². The number of nitro benzene ring substituents is 2. The van der Waals surface area contributed by atoms with Gasteiger partial charge in [-0.15, -0.1) is 8.78 Å².